The maximum absolute atomic E-state index is 12.6. The lowest BCUT2D eigenvalue weighted by Crippen LogP contribution is -2.32. The SMILES string of the molecule is CN(Cc1ccc(C(=O)O)cc1)C(=O)[C@H]1COc2ccccc21. The van der Waals surface area contributed by atoms with E-state index in [0.29, 0.717) is 13.2 Å². The molecule has 0 saturated heterocycles. The van der Waals surface area contributed by atoms with Crippen LogP contribution < -0.4 is 4.74 Å². The molecule has 0 saturated carbocycles. The minimum atomic E-state index is -0.958. The molecule has 0 aliphatic carbocycles. The molecule has 118 valence electrons. The number of hydrogen-bond donors (Lipinski definition) is 1. The van der Waals surface area contributed by atoms with Crippen LogP contribution >= 0.6 is 0 Å². The summed E-state index contributed by atoms with van der Waals surface area (Å²) in [4.78, 5) is 25.1. The second kappa shape index (κ2) is 6.12. The molecule has 1 heterocycles. The zero-order valence-electron chi connectivity index (χ0n) is 12.7. The monoisotopic (exact) mass is 311 g/mol. The number of hydrogen-bond acceptors (Lipinski definition) is 3. The number of ether oxygens (including phenoxy) is 1. The molecule has 1 aliphatic heterocycles. The Morgan fingerprint density at radius 2 is 1.87 bits per heavy atom. The van der Waals surface area contributed by atoms with Crippen molar-refractivity contribution in [2.24, 2.45) is 0 Å². The highest BCUT2D eigenvalue weighted by molar-refractivity contribution is 5.87. The van der Waals surface area contributed by atoms with Crippen LogP contribution in [0.1, 0.15) is 27.4 Å². The van der Waals surface area contributed by atoms with Crippen molar-refractivity contribution in [3.63, 3.8) is 0 Å². The van der Waals surface area contributed by atoms with Gasteiger partial charge in [-0.1, -0.05) is 30.3 Å². The molecular weight excluding hydrogens is 294 g/mol. The number of likely N-dealkylation sites (N-methyl/N-ethyl adjacent to an activating group) is 1. The summed E-state index contributed by atoms with van der Waals surface area (Å²) in [6, 6.07) is 14.1. The van der Waals surface area contributed by atoms with E-state index in [1.165, 1.54) is 0 Å². The van der Waals surface area contributed by atoms with Gasteiger partial charge in [-0.25, -0.2) is 4.79 Å². The van der Waals surface area contributed by atoms with Gasteiger partial charge in [-0.05, 0) is 23.8 Å². The second-order valence-electron chi connectivity index (χ2n) is 5.60. The Labute approximate surface area is 134 Å². The Balaban J connectivity index is 1.70. The van der Waals surface area contributed by atoms with Crippen molar-refractivity contribution in [1.29, 1.82) is 0 Å². The maximum atomic E-state index is 12.6. The average Bonchev–Trinajstić information content (AvgIpc) is 2.98. The highest BCUT2D eigenvalue weighted by atomic mass is 16.5. The Bertz CT molecular complexity index is 739. The number of fused-ring (bicyclic) bond motifs is 1. The molecule has 1 aliphatic rings. The Morgan fingerprint density at radius 3 is 2.57 bits per heavy atom. The van der Waals surface area contributed by atoms with E-state index in [1.54, 1.807) is 36.2 Å². The maximum Gasteiger partial charge on any atom is 0.335 e. The fourth-order valence-corrected chi connectivity index (χ4v) is 2.74. The largest absolute Gasteiger partial charge is 0.492 e. The van der Waals surface area contributed by atoms with Crippen LogP contribution in [0.4, 0.5) is 0 Å². The quantitative estimate of drug-likeness (QED) is 0.942. The predicted octanol–water partition coefficient (Wildman–Crippen LogP) is 2.52. The van der Waals surface area contributed by atoms with Crippen molar-refractivity contribution in [2.45, 2.75) is 12.5 Å². The first kappa shape index (κ1) is 15.1. The number of para-hydroxylation sites is 1. The molecule has 0 radical (unpaired) electrons. The summed E-state index contributed by atoms with van der Waals surface area (Å²) in [5.74, 6) is -0.475. The summed E-state index contributed by atoms with van der Waals surface area (Å²) in [6.45, 7) is 0.790. The molecule has 2 aromatic carbocycles. The molecule has 0 spiro atoms. The number of amides is 1. The number of carbonyl (C=O) groups is 2. The molecule has 5 nitrogen and oxygen atoms in total. The first-order chi connectivity index (χ1) is 11.1. The molecule has 0 aromatic heterocycles. The van der Waals surface area contributed by atoms with Crippen LogP contribution in [-0.4, -0.2) is 35.5 Å². The van der Waals surface area contributed by atoms with E-state index in [-0.39, 0.29) is 17.4 Å². The van der Waals surface area contributed by atoms with Gasteiger partial charge in [0.25, 0.3) is 0 Å². The minimum absolute atomic E-state index is 0.00254. The van der Waals surface area contributed by atoms with Crippen LogP contribution in [0.15, 0.2) is 48.5 Å². The fraction of sp³-hybridized carbons (Fsp3) is 0.222. The van der Waals surface area contributed by atoms with Crippen LogP contribution in [0.5, 0.6) is 5.75 Å². The van der Waals surface area contributed by atoms with Gasteiger partial charge in [-0.3, -0.25) is 4.79 Å². The summed E-state index contributed by atoms with van der Waals surface area (Å²) in [6.07, 6.45) is 0. The van der Waals surface area contributed by atoms with E-state index in [2.05, 4.69) is 0 Å². The summed E-state index contributed by atoms with van der Waals surface area (Å²) in [7, 11) is 1.74. The number of carbonyl (C=O) groups excluding carboxylic acids is 1. The standard InChI is InChI=1S/C18H17NO4/c1-19(10-12-6-8-13(9-7-12)18(21)22)17(20)15-11-23-16-5-3-2-4-14(15)16/h2-9,15H,10-11H2,1H3,(H,21,22)/t15-/m0/s1. The number of aromatic carboxylic acids is 1. The van der Waals surface area contributed by atoms with Gasteiger partial charge in [0.05, 0.1) is 5.56 Å². The van der Waals surface area contributed by atoms with Crippen LogP contribution in [-0.2, 0) is 11.3 Å². The third-order valence-electron chi connectivity index (χ3n) is 3.99. The number of carboxylic acid groups (broad SMARTS) is 1. The molecule has 5 heteroatoms. The Hall–Kier alpha value is -2.82. The van der Waals surface area contributed by atoms with Gasteiger partial charge in [0.15, 0.2) is 0 Å². The zero-order valence-corrected chi connectivity index (χ0v) is 12.7. The topological polar surface area (TPSA) is 66.8 Å². The molecular formula is C18H17NO4. The molecule has 23 heavy (non-hydrogen) atoms. The van der Waals surface area contributed by atoms with E-state index in [4.69, 9.17) is 9.84 Å². The molecule has 1 N–H and O–H groups in total. The summed E-state index contributed by atoms with van der Waals surface area (Å²) in [5, 5.41) is 8.90. The average molecular weight is 311 g/mol. The van der Waals surface area contributed by atoms with Crippen LogP contribution in [0.25, 0.3) is 0 Å². The van der Waals surface area contributed by atoms with E-state index < -0.39 is 5.97 Å². The van der Waals surface area contributed by atoms with Crippen LogP contribution in [0.3, 0.4) is 0 Å². The van der Waals surface area contributed by atoms with Gasteiger partial charge in [0.1, 0.15) is 18.3 Å². The van der Waals surface area contributed by atoms with Gasteiger partial charge in [-0.15, -0.1) is 0 Å². The third kappa shape index (κ3) is 3.04. The number of rotatable bonds is 4. The molecule has 2 aromatic rings. The normalized spacial score (nSPS) is 15.6. The van der Waals surface area contributed by atoms with Crippen molar-refractivity contribution in [2.75, 3.05) is 13.7 Å². The number of benzene rings is 2. The Kier molecular flexibility index (Phi) is 4.02. The summed E-state index contributed by atoms with van der Waals surface area (Å²) in [5.41, 5.74) is 2.05. The fourth-order valence-electron chi connectivity index (χ4n) is 2.74. The van der Waals surface area contributed by atoms with Gasteiger partial charge >= 0.3 is 5.97 Å². The van der Waals surface area contributed by atoms with Crippen molar-refractivity contribution in [3.8, 4) is 5.75 Å². The second-order valence-corrected chi connectivity index (χ2v) is 5.60. The Morgan fingerprint density at radius 1 is 1.17 bits per heavy atom. The molecule has 1 amide bonds. The zero-order chi connectivity index (χ0) is 16.4. The highest BCUT2D eigenvalue weighted by Crippen LogP contribution is 2.34. The van der Waals surface area contributed by atoms with E-state index in [1.807, 2.05) is 24.3 Å². The van der Waals surface area contributed by atoms with Crippen LogP contribution in [0.2, 0.25) is 0 Å². The first-order valence-electron chi connectivity index (χ1n) is 7.35. The molecule has 3 rings (SSSR count). The predicted molar refractivity (Wildman–Crippen MR) is 84.6 cm³/mol. The third-order valence-corrected chi connectivity index (χ3v) is 3.99. The first-order valence-corrected chi connectivity index (χ1v) is 7.35. The van der Waals surface area contributed by atoms with Gasteiger partial charge in [0, 0.05) is 19.2 Å². The summed E-state index contributed by atoms with van der Waals surface area (Å²) >= 11 is 0. The van der Waals surface area contributed by atoms with Crippen molar-refractivity contribution in [3.05, 3.63) is 65.2 Å². The van der Waals surface area contributed by atoms with Gasteiger partial charge in [-0.2, -0.15) is 0 Å². The van der Waals surface area contributed by atoms with Crippen LogP contribution in [0, 0.1) is 0 Å². The van der Waals surface area contributed by atoms with Gasteiger partial charge in [0.2, 0.25) is 5.91 Å². The number of carboxylic acids is 1. The van der Waals surface area contributed by atoms with Crippen molar-refractivity contribution >= 4 is 11.9 Å². The lowest BCUT2D eigenvalue weighted by molar-refractivity contribution is -0.132. The lowest BCUT2D eigenvalue weighted by Gasteiger charge is -2.20. The minimum Gasteiger partial charge on any atom is -0.492 e. The van der Waals surface area contributed by atoms with E-state index >= 15 is 0 Å². The lowest BCUT2D eigenvalue weighted by atomic mass is 10.00. The number of nitrogens with zero attached hydrogens (tertiary/aromatic N) is 1. The molecule has 1 atom stereocenters. The molecule has 0 bridgehead atoms. The van der Waals surface area contributed by atoms with Crippen molar-refractivity contribution < 1.29 is 19.4 Å². The van der Waals surface area contributed by atoms with E-state index in [9.17, 15) is 9.59 Å². The molecule has 0 unspecified atom stereocenters. The smallest absolute Gasteiger partial charge is 0.335 e. The molecule has 0 fully saturated rings. The van der Waals surface area contributed by atoms with E-state index in [0.717, 1.165) is 16.9 Å². The van der Waals surface area contributed by atoms with Crippen molar-refractivity contribution in [1.82, 2.24) is 4.90 Å². The van der Waals surface area contributed by atoms with Gasteiger partial charge < -0.3 is 14.7 Å². The highest BCUT2D eigenvalue weighted by Gasteiger charge is 2.31. The summed E-state index contributed by atoms with van der Waals surface area (Å²) < 4.78 is 5.56.